The second kappa shape index (κ2) is 14.5. The molecule has 3 aromatic heterocycles. The largest absolute Gasteiger partial charge is 0.270 e. The molecule has 4 heteroatoms. The number of benzene rings is 8. The standard InChI is InChI=1S/C59H45N3S/c1-40-24-25-46(42-16-8-4-9-17-42)33-50(40)32-41(2)57-37-51-34-47(43-18-10-5-11-19-43)26-29-54(51)60(57)63(3)61-55-30-27-48(44-20-12-6-13-21-44)35-52(55)38-58(61)59-39-53-36-49(28-31-56(53)62(59)63)45-22-14-7-15-23-45/h4-39H,1-3H3/b41-32+. The fourth-order valence-corrected chi connectivity index (χ4v) is 13.6. The van der Waals surface area contributed by atoms with E-state index in [4.69, 9.17) is 0 Å². The second-order valence-electron chi connectivity index (χ2n) is 16.9. The smallest absolute Gasteiger partial charge is 0.0794 e. The number of allylic oxidation sites excluding steroid dienone is 1. The zero-order chi connectivity index (χ0) is 42.2. The number of aryl methyl sites for hydroxylation is 1. The van der Waals surface area contributed by atoms with Crippen molar-refractivity contribution in [2.24, 2.45) is 0 Å². The first-order valence-electron chi connectivity index (χ1n) is 21.7. The summed E-state index contributed by atoms with van der Waals surface area (Å²) >= 11 is 0. The maximum absolute atomic E-state index is 2.70. The summed E-state index contributed by atoms with van der Waals surface area (Å²) in [5.41, 5.74) is 20.9. The molecule has 1 aliphatic rings. The fraction of sp³-hybridized carbons (Fsp3) is 0.0508. The predicted octanol–water partition coefficient (Wildman–Crippen LogP) is 16.2. The SMILES string of the molecule is C/C(=C\c1cc(-c2ccccc2)ccc1C)c1cc2cc(-c3ccccc3)ccc2n1S1(C)n2c(cc3cc(-c4ccccc4)ccc32)-c2cc3cc(-c4ccccc4)ccc3n21. The molecule has 0 atom stereocenters. The van der Waals surface area contributed by atoms with E-state index < -0.39 is 10.6 Å². The minimum Gasteiger partial charge on any atom is -0.270 e. The van der Waals surface area contributed by atoms with E-state index in [0.717, 1.165) is 0 Å². The van der Waals surface area contributed by atoms with E-state index in [0.29, 0.717) is 0 Å². The van der Waals surface area contributed by atoms with E-state index in [1.54, 1.807) is 0 Å². The van der Waals surface area contributed by atoms with Gasteiger partial charge < -0.3 is 0 Å². The molecule has 0 N–H and O–H groups in total. The van der Waals surface area contributed by atoms with Crippen LogP contribution in [0.1, 0.15) is 23.7 Å². The molecule has 0 saturated heterocycles. The third-order valence-corrected chi connectivity index (χ3v) is 16.3. The van der Waals surface area contributed by atoms with E-state index in [-0.39, 0.29) is 0 Å². The topological polar surface area (TPSA) is 14.8 Å². The molecule has 0 saturated carbocycles. The van der Waals surface area contributed by atoms with Gasteiger partial charge in [-0.25, -0.2) is 0 Å². The van der Waals surface area contributed by atoms with E-state index in [9.17, 15) is 0 Å². The molecule has 12 rings (SSSR count). The van der Waals surface area contributed by atoms with Gasteiger partial charge in [0.2, 0.25) is 0 Å². The lowest BCUT2D eigenvalue weighted by atomic mass is 9.98. The molecule has 0 bridgehead atoms. The molecule has 1 aliphatic heterocycles. The van der Waals surface area contributed by atoms with Gasteiger partial charge in [0.15, 0.2) is 0 Å². The van der Waals surface area contributed by atoms with Crippen LogP contribution in [0.3, 0.4) is 0 Å². The minimum atomic E-state index is -2.10. The lowest BCUT2D eigenvalue weighted by Gasteiger charge is -2.40. The van der Waals surface area contributed by atoms with E-state index >= 15 is 0 Å². The van der Waals surface area contributed by atoms with Crippen LogP contribution in [-0.2, 0) is 0 Å². The summed E-state index contributed by atoms with van der Waals surface area (Å²) < 4.78 is 8.06. The Hall–Kier alpha value is -7.53. The summed E-state index contributed by atoms with van der Waals surface area (Å²) in [6, 6.07) is 78.3. The van der Waals surface area contributed by atoms with Gasteiger partial charge in [0.05, 0.1) is 33.6 Å². The highest BCUT2D eigenvalue weighted by molar-refractivity contribution is 8.30. The summed E-state index contributed by atoms with van der Waals surface area (Å²) in [5.74, 6) is 0. The van der Waals surface area contributed by atoms with Crippen molar-refractivity contribution in [2.45, 2.75) is 13.8 Å². The Morgan fingerprint density at radius 1 is 0.381 bits per heavy atom. The van der Waals surface area contributed by atoms with Crippen LogP contribution in [0.2, 0.25) is 0 Å². The Balaban J connectivity index is 1.14. The number of hydrogen-bond acceptors (Lipinski definition) is 0. The Labute approximate surface area is 370 Å². The molecule has 0 spiro atoms. The first-order chi connectivity index (χ1) is 30.9. The fourth-order valence-electron chi connectivity index (χ4n) is 9.91. The Morgan fingerprint density at radius 2 is 0.746 bits per heavy atom. The summed E-state index contributed by atoms with van der Waals surface area (Å²) in [6.07, 6.45) is 4.91. The maximum Gasteiger partial charge on any atom is 0.0794 e. The minimum absolute atomic E-state index is 1.21. The molecule has 63 heavy (non-hydrogen) atoms. The van der Waals surface area contributed by atoms with Crippen molar-refractivity contribution in [1.29, 1.82) is 0 Å². The maximum atomic E-state index is 2.70. The number of fused-ring (bicyclic) bond motifs is 8. The van der Waals surface area contributed by atoms with Gasteiger partial charge in [-0.1, -0.05) is 152 Å². The summed E-state index contributed by atoms with van der Waals surface area (Å²) in [4.78, 5) is 0. The predicted molar refractivity (Wildman–Crippen MR) is 271 cm³/mol. The van der Waals surface area contributed by atoms with Gasteiger partial charge in [0, 0.05) is 33.0 Å². The van der Waals surface area contributed by atoms with Gasteiger partial charge in [0.25, 0.3) is 0 Å². The highest BCUT2D eigenvalue weighted by Gasteiger charge is 2.41. The van der Waals surface area contributed by atoms with Crippen LogP contribution >= 0.6 is 10.6 Å². The van der Waals surface area contributed by atoms with E-state index in [1.807, 2.05) is 0 Å². The van der Waals surface area contributed by atoms with Gasteiger partial charge in [-0.3, -0.25) is 11.9 Å². The highest BCUT2D eigenvalue weighted by atomic mass is 32.3. The average molecular weight is 828 g/mol. The van der Waals surface area contributed by atoms with Crippen LogP contribution in [0.4, 0.5) is 0 Å². The molecule has 0 unspecified atom stereocenters. The Kier molecular flexibility index (Phi) is 8.60. The molecular formula is C59H45N3S. The van der Waals surface area contributed by atoms with Crippen LogP contribution in [0.25, 0.3) is 100 Å². The molecule has 8 aromatic carbocycles. The van der Waals surface area contributed by atoms with Crippen molar-refractivity contribution < 1.29 is 0 Å². The van der Waals surface area contributed by atoms with Crippen molar-refractivity contribution >= 4 is 54.9 Å². The number of hydrogen-bond donors (Lipinski definition) is 0. The number of rotatable bonds is 7. The van der Waals surface area contributed by atoms with Gasteiger partial charge in [-0.2, -0.15) is 0 Å². The summed E-state index contributed by atoms with van der Waals surface area (Å²) in [6.45, 7) is 4.53. The van der Waals surface area contributed by atoms with E-state index in [2.05, 4.69) is 250 Å². The van der Waals surface area contributed by atoms with Crippen molar-refractivity contribution in [3.8, 4) is 55.9 Å². The molecule has 3 nitrogen and oxygen atoms in total. The van der Waals surface area contributed by atoms with Crippen molar-refractivity contribution in [1.82, 2.24) is 11.9 Å². The van der Waals surface area contributed by atoms with E-state index in [1.165, 1.54) is 111 Å². The monoisotopic (exact) mass is 827 g/mol. The molecule has 302 valence electrons. The van der Waals surface area contributed by atoms with Gasteiger partial charge >= 0.3 is 0 Å². The van der Waals surface area contributed by atoms with Crippen LogP contribution in [-0.4, -0.2) is 18.2 Å². The van der Waals surface area contributed by atoms with Crippen LogP contribution < -0.4 is 0 Å². The molecule has 0 radical (unpaired) electrons. The second-order valence-corrected chi connectivity index (χ2v) is 19.6. The Bertz CT molecular complexity index is 3450. The normalized spacial score (nSPS) is 13.7. The van der Waals surface area contributed by atoms with Crippen LogP contribution in [0, 0.1) is 6.92 Å². The Morgan fingerprint density at radius 3 is 1.17 bits per heavy atom. The van der Waals surface area contributed by atoms with Crippen molar-refractivity contribution in [3.63, 3.8) is 0 Å². The average Bonchev–Trinajstić information content (AvgIpc) is 4.09. The highest BCUT2D eigenvalue weighted by Crippen LogP contribution is 2.64. The zero-order valence-electron chi connectivity index (χ0n) is 35.5. The van der Waals surface area contributed by atoms with Crippen LogP contribution in [0.15, 0.2) is 212 Å². The van der Waals surface area contributed by atoms with Gasteiger partial charge in [-0.15, -0.1) is 0 Å². The van der Waals surface area contributed by atoms with Gasteiger partial charge in [0.1, 0.15) is 0 Å². The quantitative estimate of drug-likeness (QED) is 0.152. The lowest BCUT2D eigenvalue weighted by Crippen LogP contribution is -2.22. The first kappa shape index (κ1) is 37.2. The molecule has 0 fully saturated rings. The summed E-state index contributed by atoms with van der Waals surface area (Å²) in [7, 11) is -2.10. The molecule has 11 aromatic rings. The third-order valence-electron chi connectivity index (χ3n) is 13.1. The molecule has 0 aliphatic carbocycles. The number of aromatic nitrogens is 3. The molecule has 4 heterocycles. The first-order valence-corrected chi connectivity index (χ1v) is 23.6. The van der Waals surface area contributed by atoms with Gasteiger partial charge in [-0.05, 0) is 142 Å². The van der Waals surface area contributed by atoms with Crippen molar-refractivity contribution in [2.75, 3.05) is 6.26 Å². The zero-order valence-corrected chi connectivity index (χ0v) is 36.4. The summed E-state index contributed by atoms with van der Waals surface area (Å²) in [5, 5.41) is 3.72. The van der Waals surface area contributed by atoms with Crippen LogP contribution in [0.5, 0.6) is 0 Å². The lowest BCUT2D eigenvalue weighted by molar-refractivity contribution is 1.15. The van der Waals surface area contributed by atoms with Crippen molar-refractivity contribution in [3.05, 3.63) is 229 Å². The number of nitrogens with zero attached hydrogens (tertiary/aromatic N) is 3. The molecular weight excluding hydrogens is 783 g/mol. The molecule has 0 amide bonds. The third kappa shape index (κ3) is 5.97.